The number of alkyl halides is 3. The van der Waals surface area contributed by atoms with E-state index >= 15 is 0 Å². The number of nitrogens with one attached hydrogen (secondary N) is 2. The Hall–Kier alpha value is -4.99. The van der Waals surface area contributed by atoms with Gasteiger partial charge in [-0.1, -0.05) is 12.1 Å². The van der Waals surface area contributed by atoms with Crippen molar-refractivity contribution in [1.82, 2.24) is 29.9 Å². The first-order valence-corrected chi connectivity index (χ1v) is 20.9. The van der Waals surface area contributed by atoms with E-state index in [1.54, 1.807) is 25.6 Å². The van der Waals surface area contributed by atoms with E-state index < -0.39 is 34.8 Å². The van der Waals surface area contributed by atoms with Crippen molar-refractivity contribution in [3.8, 4) is 6.07 Å². The molecule has 4 amide bonds. The zero-order chi connectivity index (χ0) is 43.3. The number of hydrogen-bond acceptors (Lipinski definition) is 10. The molecule has 1 saturated carbocycles. The Balaban J connectivity index is 0.884. The average Bonchev–Trinajstić information content (AvgIpc) is 3.61. The Kier molecular flexibility index (Phi) is 12.1. The average molecular weight is 850 g/mol. The van der Waals surface area contributed by atoms with Gasteiger partial charge < -0.3 is 15.0 Å². The topological polar surface area (TPSA) is 166 Å². The summed E-state index contributed by atoms with van der Waals surface area (Å²) in [5.41, 5.74) is -1.29. The highest BCUT2D eigenvalue weighted by Gasteiger charge is 2.53. The molecular formula is C42H50F3N9O5S. The van der Waals surface area contributed by atoms with Gasteiger partial charge in [0, 0.05) is 43.6 Å². The van der Waals surface area contributed by atoms with Gasteiger partial charge in [0.1, 0.15) is 11.6 Å². The first-order chi connectivity index (χ1) is 28.4. The normalized spacial score (nSPS) is 26.4. The van der Waals surface area contributed by atoms with Crippen LogP contribution in [0.5, 0.6) is 0 Å². The summed E-state index contributed by atoms with van der Waals surface area (Å²) in [7, 11) is 1.78. The van der Waals surface area contributed by atoms with Crippen LogP contribution in [0.25, 0.3) is 10.9 Å². The van der Waals surface area contributed by atoms with Gasteiger partial charge in [-0.25, -0.2) is 4.98 Å². The first kappa shape index (κ1) is 43.1. The number of hydrogen-bond donors (Lipinski definition) is 2. The summed E-state index contributed by atoms with van der Waals surface area (Å²) in [5, 5.41) is 20.2. The minimum Gasteiger partial charge on any atom is -0.378 e. The van der Waals surface area contributed by atoms with Gasteiger partial charge in [0.15, 0.2) is 10.8 Å². The van der Waals surface area contributed by atoms with E-state index in [0.717, 1.165) is 54.7 Å². The monoisotopic (exact) mass is 849 g/mol. The third kappa shape index (κ3) is 8.35. The molecule has 0 radical (unpaired) electrons. The number of piperidine rings is 2. The number of likely N-dealkylation sites (tertiary alicyclic amines) is 1. The number of amides is 4. The molecule has 3 saturated heterocycles. The van der Waals surface area contributed by atoms with Crippen molar-refractivity contribution in [2.24, 2.45) is 13.0 Å². The molecule has 1 aromatic carbocycles. The number of carbonyl (C=O) groups excluding carboxylic acids is 4. The Labute approximate surface area is 351 Å². The van der Waals surface area contributed by atoms with E-state index in [1.165, 1.54) is 6.07 Å². The second kappa shape index (κ2) is 16.8. The lowest BCUT2D eigenvalue weighted by Crippen LogP contribution is -2.51. The number of benzene rings is 1. The fourth-order valence-corrected chi connectivity index (χ4v) is 10.3. The standard InChI is InChI=1S/C42H50F3N9O5S/c1-23-17-25(18-24(2)52(23)22-35(56)48-32-8-6-7-29-36(50-51(5)37(29)32)30-13-14-34(55)49-38(30)57)15-16-59-28-11-9-26(10-12-28)54-40(60)53(39(58)41(54,3)4)27-19-31(42(43,44)45)33(20-46)47-21-27/h6-8,19,21,23-26,28,30H,9-18,22H2,1-5H3,(H,48,56)(H,49,55,57)/t23-,24+,25?,26?,28?,30?. The van der Waals surface area contributed by atoms with Crippen molar-refractivity contribution in [1.29, 1.82) is 5.26 Å². The van der Waals surface area contributed by atoms with Crippen molar-refractivity contribution < 1.29 is 37.1 Å². The van der Waals surface area contributed by atoms with Gasteiger partial charge in [0.25, 0.3) is 5.91 Å². The maximum Gasteiger partial charge on any atom is 0.419 e. The van der Waals surface area contributed by atoms with Gasteiger partial charge in [-0.05, 0) is 109 Å². The van der Waals surface area contributed by atoms with Crippen LogP contribution in [0.4, 0.5) is 24.5 Å². The van der Waals surface area contributed by atoms with Crippen LogP contribution in [0, 0.1) is 17.2 Å². The van der Waals surface area contributed by atoms with Crippen LogP contribution in [-0.4, -0.2) is 96.2 Å². The van der Waals surface area contributed by atoms with Crippen LogP contribution in [0.3, 0.4) is 0 Å². The zero-order valence-electron chi connectivity index (χ0n) is 34.3. The van der Waals surface area contributed by atoms with Gasteiger partial charge in [-0.15, -0.1) is 0 Å². The van der Waals surface area contributed by atoms with E-state index in [2.05, 4.69) is 39.5 Å². The lowest BCUT2D eigenvalue weighted by molar-refractivity contribution is -0.138. The molecular weight excluding hydrogens is 800 g/mol. The summed E-state index contributed by atoms with van der Waals surface area (Å²) in [5.74, 6) is -1.36. The van der Waals surface area contributed by atoms with Crippen LogP contribution in [0.2, 0.25) is 0 Å². The highest BCUT2D eigenvalue weighted by Crippen LogP contribution is 2.41. The molecule has 14 nitrogen and oxygen atoms in total. The van der Waals surface area contributed by atoms with Crippen LogP contribution < -0.4 is 15.5 Å². The number of thiocarbonyl (C=S) groups is 1. The smallest absolute Gasteiger partial charge is 0.378 e. The number of halogens is 3. The number of rotatable bonds is 10. The van der Waals surface area contributed by atoms with Gasteiger partial charge >= 0.3 is 6.18 Å². The Bertz CT molecular complexity index is 2240. The molecule has 1 aliphatic carbocycles. The minimum atomic E-state index is -4.83. The molecule has 5 heterocycles. The molecule has 4 fully saturated rings. The predicted molar refractivity (Wildman–Crippen MR) is 219 cm³/mol. The fraction of sp³-hybridized carbons (Fsp3) is 0.571. The summed E-state index contributed by atoms with van der Waals surface area (Å²) in [6, 6.07) is 8.00. The maximum absolute atomic E-state index is 13.7. The Morgan fingerprint density at radius 3 is 2.45 bits per heavy atom. The molecule has 0 spiro atoms. The highest BCUT2D eigenvalue weighted by molar-refractivity contribution is 7.80. The molecule has 18 heteroatoms. The molecule has 2 unspecified atom stereocenters. The molecule has 60 heavy (non-hydrogen) atoms. The quantitative estimate of drug-likeness (QED) is 0.183. The summed E-state index contributed by atoms with van der Waals surface area (Å²) < 4.78 is 49.2. The van der Waals surface area contributed by atoms with Crippen molar-refractivity contribution in [2.45, 2.75) is 127 Å². The third-order valence-corrected chi connectivity index (χ3v) is 13.1. The van der Waals surface area contributed by atoms with Gasteiger partial charge in [0.05, 0.1) is 52.9 Å². The number of carbonyl (C=O) groups is 4. The molecule has 4 atom stereocenters. The molecule has 3 aromatic rings. The highest BCUT2D eigenvalue weighted by atomic mass is 32.1. The van der Waals surface area contributed by atoms with Gasteiger partial charge in [-0.2, -0.15) is 23.5 Å². The van der Waals surface area contributed by atoms with E-state index in [9.17, 15) is 37.6 Å². The number of ether oxygens (including phenoxy) is 1. The molecule has 2 aromatic heterocycles. The summed E-state index contributed by atoms with van der Waals surface area (Å²) in [6.45, 7) is 8.56. The number of fused-ring (bicyclic) bond motifs is 1. The van der Waals surface area contributed by atoms with Crippen LogP contribution in [0.1, 0.15) is 108 Å². The second-order valence-electron chi connectivity index (χ2n) is 17.1. The van der Waals surface area contributed by atoms with E-state index in [0.29, 0.717) is 48.7 Å². The van der Waals surface area contributed by atoms with Crippen molar-refractivity contribution >= 4 is 63.2 Å². The van der Waals surface area contributed by atoms with Crippen LogP contribution >= 0.6 is 12.2 Å². The molecule has 3 aliphatic heterocycles. The molecule has 7 rings (SSSR count). The number of nitrogens with zero attached hydrogens (tertiary/aromatic N) is 7. The summed E-state index contributed by atoms with van der Waals surface area (Å²) >= 11 is 5.73. The lowest BCUT2D eigenvalue weighted by Gasteiger charge is -2.42. The lowest BCUT2D eigenvalue weighted by atomic mass is 9.85. The second-order valence-corrected chi connectivity index (χ2v) is 17.5. The Morgan fingerprint density at radius 2 is 1.80 bits per heavy atom. The first-order valence-electron chi connectivity index (χ1n) is 20.5. The van der Waals surface area contributed by atoms with Gasteiger partial charge in [0.2, 0.25) is 17.7 Å². The van der Waals surface area contributed by atoms with Crippen molar-refractivity contribution in [3.05, 3.63) is 47.4 Å². The summed E-state index contributed by atoms with van der Waals surface area (Å²) in [6.07, 6.45) is 2.53. The number of nitriles is 1. The van der Waals surface area contributed by atoms with Crippen LogP contribution in [-0.2, 0) is 37.1 Å². The molecule has 4 aliphatic rings. The van der Waals surface area contributed by atoms with Crippen molar-refractivity contribution in [2.75, 3.05) is 23.4 Å². The largest absolute Gasteiger partial charge is 0.419 e. The zero-order valence-corrected chi connectivity index (χ0v) is 35.2. The molecule has 0 bridgehead atoms. The van der Waals surface area contributed by atoms with Crippen LogP contribution in [0.15, 0.2) is 30.5 Å². The molecule has 2 N–H and O–H groups in total. The number of aromatic nitrogens is 3. The number of para-hydroxylation sites is 1. The maximum atomic E-state index is 13.7. The predicted octanol–water partition coefficient (Wildman–Crippen LogP) is 5.94. The summed E-state index contributed by atoms with van der Waals surface area (Å²) in [4.78, 5) is 60.3. The van der Waals surface area contributed by atoms with E-state index in [4.69, 9.17) is 17.0 Å². The van der Waals surface area contributed by atoms with E-state index in [1.807, 2.05) is 23.1 Å². The number of imide groups is 1. The molecule has 320 valence electrons. The number of pyridine rings is 1. The number of aryl methyl sites for hydroxylation is 1. The number of anilines is 2. The van der Waals surface area contributed by atoms with E-state index in [-0.39, 0.29) is 65.7 Å². The fourth-order valence-electron chi connectivity index (χ4n) is 9.75. The van der Waals surface area contributed by atoms with Gasteiger partial charge in [-0.3, -0.25) is 39.0 Å². The SMILES string of the molecule is C[C@@H]1CC(CCOC2CCC(N3C(=S)N(c4cnc(C#N)c(C(F)(F)F)c4)C(=O)C3(C)C)CC2)C[C@H](C)N1CC(=O)Nc1cccc2c(C3CCC(=O)NC3=O)nn(C)c12. The minimum absolute atomic E-state index is 0.0343. The third-order valence-electron chi connectivity index (χ3n) is 12.7. The Morgan fingerprint density at radius 1 is 1.10 bits per heavy atom. The van der Waals surface area contributed by atoms with Crippen molar-refractivity contribution in [3.63, 3.8) is 0 Å².